The minimum Gasteiger partial charge on any atom is -0.353 e. The van der Waals surface area contributed by atoms with Gasteiger partial charge in [-0.05, 0) is 56.4 Å². The van der Waals surface area contributed by atoms with Crippen LogP contribution in [0.5, 0.6) is 0 Å². The molecular formula is C17H34N2O. The summed E-state index contributed by atoms with van der Waals surface area (Å²) in [5, 5.41) is 3.20. The number of hydrogen-bond donors (Lipinski definition) is 2. The molecule has 3 N–H and O–H groups in total. The molecule has 2 atom stereocenters. The van der Waals surface area contributed by atoms with E-state index in [-0.39, 0.29) is 11.3 Å². The van der Waals surface area contributed by atoms with E-state index in [0.717, 1.165) is 12.8 Å². The molecular weight excluding hydrogens is 248 g/mol. The average molecular weight is 282 g/mol. The molecule has 0 heterocycles. The maximum atomic E-state index is 12.1. The highest BCUT2D eigenvalue weighted by atomic mass is 16.1. The number of rotatable bonds is 7. The van der Waals surface area contributed by atoms with Gasteiger partial charge >= 0.3 is 0 Å². The first-order valence-electron chi connectivity index (χ1n) is 8.34. The minimum atomic E-state index is 0.218. The monoisotopic (exact) mass is 282 g/mol. The van der Waals surface area contributed by atoms with E-state index in [9.17, 15) is 4.79 Å². The van der Waals surface area contributed by atoms with Gasteiger partial charge in [-0.1, -0.05) is 33.6 Å². The first-order chi connectivity index (χ1) is 9.34. The van der Waals surface area contributed by atoms with Crippen LogP contribution in [0.3, 0.4) is 0 Å². The van der Waals surface area contributed by atoms with E-state index < -0.39 is 0 Å². The first-order valence-corrected chi connectivity index (χ1v) is 8.34. The third kappa shape index (κ3) is 5.82. The van der Waals surface area contributed by atoms with Crippen molar-refractivity contribution in [3.05, 3.63) is 0 Å². The van der Waals surface area contributed by atoms with Gasteiger partial charge in [-0.2, -0.15) is 0 Å². The minimum absolute atomic E-state index is 0.218. The molecule has 0 aliphatic heterocycles. The summed E-state index contributed by atoms with van der Waals surface area (Å²) >= 11 is 0. The van der Waals surface area contributed by atoms with Crippen LogP contribution < -0.4 is 11.1 Å². The van der Waals surface area contributed by atoms with Crippen molar-refractivity contribution in [2.24, 2.45) is 23.0 Å². The summed E-state index contributed by atoms with van der Waals surface area (Å²) in [6.07, 6.45) is 7.80. The molecule has 0 spiro atoms. The molecule has 0 aromatic heterocycles. The summed E-state index contributed by atoms with van der Waals surface area (Å²) in [7, 11) is 0. The summed E-state index contributed by atoms with van der Waals surface area (Å²) in [6.45, 7) is 9.60. The number of amides is 1. The standard InChI is InChI=1S/C17H34N2O/c1-13(14-7-5-6-8-14)19-16(20)10-9-15(11-12-18)17(2,3)4/h13-15H,5-12,18H2,1-4H3,(H,19,20)/t13-,15?/m1/s1. The van der Waals surface area contributed by atoms with Crippen LogP contribution in [0, 0.1) is 17.3 Å². The predicted molar refractivity (Wildman–Crippen MR) is 85.4 cm³/mol. The summed E-state index contributed by atoms with van der Waals surface area (Å²) in [4.78, 5) is 12.1. The fourth-order valence-electron chi connectivity index (χ4n) is 3.42. The van der Waals surface area contributed by atoms with Crippen LogP contribution >= 0.6 is 0 Å². The highest BCUT2D eigenvalue weighted by Crippen LogP contribution is 2.32. The molecule has 20 heavy (non-hydrogen) atoms. The molecule has 1 saturated carbocycles. The van der Waals surface area contributed by atoms with Gasteiger partial charge in [-0.3, -0.25) is 4.79 Å². The molecule has 1 aliphatic carbocycles. The number of carbonyl (C=O) groups excluding carboxylic acids is 1. The quantitative estimate of drug-likeness (QED) is 0.751. The number of nitrogens with two attached hydrogens (primary N) is 1. The highest BCUT2D eigenvalue weighted by molar-refractivity contribution is 5.76. The zero-order chi connectivity index (χ0) is 15.2. The largest absolute Gasteiger partial charge is 0.353 e. The maximum Gasteiger partial charge on any atom is 0.220 e. The van der Waals surface area contributed by atoms with Crippen molar-refractivity contribution in [3.63, 3.8) is 0 Å². The van der Waals surface area contributed by atoms with E-state index >= 15 is 0 Å². The van der Waals surface area contributed by atoms with Gasteiger partial charge in [0.25, 0.3) is 0 Å². The lowest BCUT2D eigenvalue weighted by Crippen LogP contribution is -2.37. The Labute approximate surface area is 125 Å². The maximum absolute atomic E-state index is 12.1. The van der Waals surface area contributed by atoms with Gasteiger partial charge < -0.3 is 11.1 Å². The predicted octanol–water partition coefficient (Wildman–Crippen LogP) is 3.47. The van der Waals surface area contributed by atoms with Crippen molar-refractivity contribution in [2.75, 3.05) is 6.54 Å². The summed E-state index contributed by atoms with van der Waals surface area (Å²) < 4.78 is 0. The second kappa shape index (κ2) is 8.02. The lowest BCUT2D eigenvalue weighted by molar-refractivity contribution is -0.122. The second-order valence-corrected chi connectivity index (χ2v) is 7.58. The third-order valence-corrected chi connectivity index (χ3v) is 4.96. The molecule has 1 rings (SSSR count). The summed E-state index contributed by atoms with van der Waals surface area (Å²) in [5.41, 5.74) is 5.93. The van der Waals surface area contributed by atoms with Gasteiger partial charge in [0.15, 0.2) is 0 Å². The Hall–Kier alpha value is -0.570. The average Bonchev–Trinajstić information content (AvgIpc) is 2.86. The first kappa shape index (κ1) is 17.5. The molecule has 1 unspecified atom stereocenters. The number of hydrogen-bond acceptors (Lipinski definition) is 2. The summed E-state index contributed by atoms with van der Waals surface area (Å²) in [6, 6.07) is 0.340. The Morgan fingerprint density at radius 3 is 2.35 bits per heavy atom. The number of carbonyl (C=O) groups is 1. The van der Waals surface area contributed by atoms with Crippen LogP contribution in [-0.2, 0) is 4.79 Å². The zero-order valence-corrected chi connectivity index (χ0v) is 13.9. The van der Waals surface area contributed by atoms with Crippen LogP contribution in [0.4, 0.5) is 0 Å². The van der Waals surface area contributed by atoms with Crippen LogP contribution in [0.2, 0.25) is 0 Å². The van der Waals surface area contributed by atoms with E-state index in [4.69, 9.17) is 5.73 Å². The number of nitrogens with one attached hydrogen (secondary N) is 1. The Morgan fingerprint density at radius 2 is 1.85 bits per heavy atom. The van der Waals surface area contributed by atoms with Crippen molar-refractivity contribution < 1.29 is 4.79 Å². The van der Waals surface area contributed by atoms with E-state index in [1.54, 1.807) is 0 Å². The molecule has 3 nitrogen and oxygen atoms in total. The highest BCUT2D eigenvalue weighted by Gasteiger charge is 2.26. The molecule has 118 valence electrons. The van der Waals surface area contributed by atoms with Gasteiger partial charge in [-0.25, -0.2) is 0 Å². The Balaban J connectivity index is 2.33. The van der Waals surface area contributed by atoms with Crippen LogP contribution in [0.1, 0.15) is 72.6 Å². The van der Waals surface area contributed by atoms with Crippen LogP contribution in [-0.4, -0.2) is 18.5 Å². The van der Waals surface area contributed by atoms with Gasteiger partial charge in [0.1, 0.15) is 0 Å². The van der Waals surface area contributed by atoms with E-state index in [1.807, 2.05) is 0 Å². The molecule has 0 bridgehead atoms. The van der Waals surface area contributed by atoms with Gasteiger partial charge in [0.05, 0.1) is 0 Å². The zero-order valence-electron chi connectivity index (χ0n) is 13.9. The lowest BCUT2D eigenvalue weighted by atomic mass is 9.76. The van der Waals surface area contributed by atoms with E-state index in [1.165, 1.54) is 25.7 Å². The molecule has 0 aromatic carbocycles. The van der Waals surface area contributed by atoms with Crippen LogP contribution in [0.15, 0.2) is 0 Å². The van der Waals surface area contributed by atoms with Crippen LogP contribution in [0.25, 0.3) is 0 Å². The second-order valence-electron chi connectivity index (χ2n) is 7.58. The van der Waals surface area contributed by atoms with Gasteiger partial charge in [0, 0.05) is 12.5 Å². The summed E-state index contributed by atoms with van der Waals surface area (Å²) in [5.74, 6) is 1.44. The Bertz CT molecular complexity index is 290. The Morgan fingerprint density at radius 1 is 1.25 bits per heavy atom. The fraction of sp³-hybridized carbons (Fsp3) is 0.941. The fourth-order valence-corrected chi connectivity index (χ4v) is 3.42. The topological polar surface area (TPSA) is 55.1 Å². The van der Waals surface area contributed by atoms with Gasteiger partial charge in [0.2, 0.25) is 5.91 Å². The molecule has 1 fully saturated rings. The molecule has 0 saturated heterocycles. The van der Waals surface area contributed by atoms with E-state index in [0.29, 0.717) is 30.8 Å². The van der Waals surface area contributed by atoms with Crippen molar-refractivity contribution in [1.82, 2.24) is 5.32 Å². The van der Waals surface area contributed by atoms with Crippen molar-refractivity contribution in [2.45, 2.75) is 78.7 Å². The van der Waals surface area contributed by atoms with Crippen molar-refractivity contribution >= 4 is 5.91 Å². The Kier molecular flexibility index (Phi) is 7.01. The van der Waals surface area contributed by atoms with Gasteiger partial charge in [-0.15, -0.1) is 0 Å². The normalized spacial score (nSPS) is 19.9. The molecule has 1 aliphatic rings. The lowest BCUT2D eigenvalue weighted by Gasteiger charge is -2.30. The third-order valence-electron chi connectivity index (χ3n) is 4.96. The molecule has 0 aromatic rings. The van der Waals surface area contributed by atoms with Crippen molar-refractivity contribution in [1.29, 1.82) is 0 Å². The SMILES string of the molecule is C[C@@H](NC(=O)CCC(CCN)C(C)(C)C)C1CCCC1. The van der Waals surface area contributed by atoms with E-state index in [2.05, 4.69) is 33.0 Å². The van der Waals surface area contributed by atoms with Crippen molar-refractivity contribution in [3.8, 4) is 0 Å². The smallest absolute Gasteiger partial charge is 0.220 e. The molecule has 0 radical (unpaired) electrons. The molecule has 1 amide bonds. The molecule has 3 heteroatoms.